The summed E-state index contributed by atoms with van der Waals surface area (Å²) < 4.78 is 0. The number of hydrogen-bond acceptors (Lipinski definition) is 2. The second kappa shape index (κ2) is 9.04. The van der Waals surface area contributed by atoms with Crippen molar-refractivity contribution >= 4 is 12.0 Å². The summed E-state index contributed by atoms with van der Waals surface area (Å²) >= 11 is 0. The summed E-state index contributed by atoms with van der Waals surface area (Å²) in [6, 6.07) is 10.6. The molecule has 1 aliphatic carbocycles. The summed E-state index contributed by atoms with van der Waals surface area (Å²) in [6.07, 6.45) is 7.53. The van der Waals surface area contributed by atoms with E-state index in [0.717, 1.165) is 64.2 Å². The van der Waals surface area contributed by atoms with Crippen molar-refractivity contribution < 1.29 is 5.11 Å². The predicted molar refractivity (Wildman–Crippen MR) is 105 cm³/mol. The van der Waals surface area contributed by atoms with Crippen LogP contribution in [0, 0.1) is 5.92 Å². The first-order chi connectivity index (χ1) is 12.3. The zero-order valence-corrected chi connectivity index (χ0v) is 15.3. The largest absolute Gasteiger partial charge is 0.393 e. The van der Waals surface area contributed by atoms with Crippen molar-refractivity contribution in [3.63, 3.8) is 0 Å². The van der Waals surface area contributed by atoms with Crippen LogP contribution in [-0.4, -0.2) is 48.2 Å². The number of hydrogen-bond donors (Lipinski definition) is 2. The van der Waals surface area contributed by atoms with Crippen LogP contribution in [-0.2, 0) is 0 Å². The van der Waals surface area contributed by atoms with E-state index in [1.165, 1.54) is 11.1 Å². The maximum Gasteiger partial charge on any atom is 0.193 e. The van der Waals surface area contributed by atoms with Gasteiger partial charge in [0.2, 0.25) is 0 Å². The molecule has 1 aliphatic heterocycles. The van der Waals surface area contributed by atoms with Crippen molar-refractivity contribution in [3.05, 3.63) is 41.5 Å². The lowest BCUT2D eigenvalue weighted by Gasteiger charge is -2.32. The second-order valence-electron chi connectivity index (χ2n) is 7.15. The van der Waals surface area contributed by atoms with Crippen molar-refractivity contribution in [2.24, 2.45) is 10.9 Å². The molecule has 0 aromatic heterocycles. The van der Waals surface area contributed by atoms with E-state index in [4.69, 9.17) is 4.99 Å². The molecular weight excluding hydrogens is 310 g/mol. The number of rotatable bonds is 4. The monoisotopic (exact) mass is 341 g/mol. The molecule has 2 atom stereocenters. The molecule has 2 N–H and O–H groups in total. The first-order valence-corrected chi connectivity index (χ1v) is 9.72. The van der Waals surface area contributed by atoms with Gasteiger partial charge >= 0.3 is 0 Å². The van der Waals surface area contributed by atoms with Gasteiger partial charge in [-0.2, -0.15) is 0 Å². The van der Waals surface area contributed by atoms with Gasteiger partial charge in [0.15, 0.2) is 5.96 Å². The summed E-state index contributed by atoms with van der Waals surface area (Å²) in [5, 5.41) is 13.4. The van der Waals surface area contributed by atoms with E-state index in [1.807, 2.05) is 0 Å². The van der Waals surface area contributed by atoms with Crippen LogP contribution < -0.4 is 5.32 Å². The third-order valence-electron chi connectivity index (χ3n) is 5.30. The highest BCUT2D eigenvalue weighted by Gasteiger charge is 2.25. The Hall–Kier alpha value is -1.81. The molecule has 2 fully saturated rings. The summed E-state index contributed by atoms with van der Waals surface area (Å²) in [5.74, 6) is 1.35. The Morgan fingerprint density at radius 1 is 1.24 bits per heavy atom. The number of nitrogens with one attached hydrogen (secondary N) is 1. The van der Waals surface area contributed by atoms with Crippen LogP contribution in [0.15, 0.2) is 40.9 Å². The van der Waals surface area contributed by atoms with Gasteiger partial charge in [0.25, 0.3) is 0 Å². The molecule has 2 aliphatic rings. The van der Waals surface area contributed by atoms with Crippen molar-refractivity contribution in [1.29, 1.82) is 0 Å². The molecule has 4 heteroatoms. The number of nitrogens with zero attached hydrogens (tertiary/aromatic N) is 2. The minimum atomic E-state index is -0.159. The molecule has 4 nitrogen and oxygen atoms in total. The fraction of sp³-hybridized carbons (Fsp3) is 0.571. The highest BCUT2D eigenvalue weighted by atomic mass is 16.3. The summed E-state index contributed by atoms with van der Waals surface area (Å²) in [7, 11) is 0. The van der Waals surface area contributed by atoms with Gasteiger partial charge in [0, 0.05) is 32.1 Å². The number of benzene rings is 1. The molecule has 1 aromatic carbocycles. The average molecular weight is 341 g/mol. The van der Waals surface area contributed by atoms with Crippen molar-refractivity contribution in [1.82, 2.24) is 10.2 Å². The lowest BCUT2D eigenvalue weighted by atomic mass is 10.0. The molecule has 0 bridgehead atoms. The fourth-order valence-corrected chi connectivity index (χ4v) is 3.79. The lowest BCUT2D eigenvalue weighted by molar-refractivity contribution is 0.136. The maximum atomic E-state index is 10.0. The Morgan fingerprint density at radius 2 is 2.00 bits per heavy atom. The second-order valence-corrected chi connectivity index (χ2v) is 7.15. The van der Waals surface area contributed by atoms with Crippen LogP contribution >= 0.6 is 0 Å². The Balaban J connectivity index is 1.57. The van der Waals surface area contributed by atoms with Crippen LogP contribution in [0.25, 0.3) is 6.08 Å². The van der Waals surface area contributed by atoms with E-state index < -0.39 is 0 Å². The van der Waals surface area contributed by atoms with Crippen molar-refractivity contribution in [3.8, 4) is 0 Å². The molecule has 0 spiro atoms. The highest BCUT2D eigenvalue weighted by molar-refractivity contribution is 5.80. The van der Waals surface area contributed by atoms with Gasteiger partial charge in [0.05, 0.1) is 6.10 Å². The molecule has 1 saturated carbocycles. The first-order valence-electron chi connectivity index (χ1n) is 9.72. The molecule has 1 aromatic rings. The van der Waals surface area contributed by atoms with Gasteiger partial charge in [0.1, 0.15) is 0 Å². The standard InChI is InChI=1S/C21H31N3O/c1-2-22-21(23-16-19-9-6-10-20(19)25)24-13-11-18(12-14-24)15-17-7-4-3-5-8-17/h3-5,7-8,15,19-20,25H,2,6,9-14,16H2,1H3,(H,22,23). The third-order valence-corrected chi connectivity index (χ3v) is 5.30. The Kier molecular flexibility index (Phi) is 6.51. The van der Waals surface area contributed by atoms with E-state index in [-0.39, 0.29) is 6.10 Å². The Labute approximate surface area is 151 Å². The summed E-state index contributed by atoms with van der Waals surface area (Å²) in [6.45, 7) is 5.77. The zero-order valence-electron chi connectivity index (χ0n) is 15.3. The van der Waals surface area contributed by atoms with Crippen LogP contribution in [0.1, 0.15) is 44.6 Å². The SMILES string of the molecule is CCNC(=NCC1CCCC1O)N1CCC(=Cc2ccccc2)CC1. The van der Waals surface area contributed by atoms with Crippen LogP contribution in [0.5, 0.6) is 0 Å². The topological polar surface area (TPSA) is 47.9 Å². The van der Waals surface area contributed by atoms with Crippen LogP contribution in [0.4, 0.5) is 0 Å². The lowest BCUT2D eigenvalue weighted by Crippen LogP contribution is -2.44. The molecule has 1 heterocycles. The van der Waals surface area contributed by atoms with Crippen molar-refractivity contribution in [2.45, 2.75) is 45.1 Å². The fourth-order valence-electron chi connectivity index (χ4n) is 3.79. The molecule has 0 amide bonds. The minimum Gasteiger partial charge on any atom is -0.393 e. The number of likely N-dealkylation sites (tertiary alicyclic amines) is 1. The number of guanidine groups is 1. The minimum absolute atomic E-state index is 0.159. The first kappa shape index (κ1) is 18.0. The zero-order chi connectivity index (χ0) is 17.5. The normalized spacial score (nSPS) is 24.5. The van der Waals surface area contributed by atoms with Gasteiger partial charge in [-0.15, -0.1) is 0 Å². The molecule has 136 valence electrons. The van der Waals surface area contributed by atoms with Crippen LogP contribution in [0.2, 0.25) is 0 Å². The molecule has 1 saturated heterocycles. The Morgan fingerprint density at radius 3 is 2.64 bits per heavy atom. The van der Waals surface area contributed by atoms with Gasteiger partial charge < -0.3 is 15.3 Å². The summed E-state index contributed by atoms with van der Waals surface area (Å²) in [5.41, 5.74) is 2.81. The molecule has 3 rings (SSSR count). The predicted octanol–water partition coefficient (Wildman–Crippen LogP) is 3.29. The number of aliphatic hydroxyl groups is 1. The van der Waals surface area contributed by atoms with E-state index >= 15 is 0 Å². The molecule has 0 radical (unpaired) electrons. The number of aliphatic hydroxyl groups excluding tert-OH is 1. The van der Waals surface area contributed by atoms with Crippen molar-refractivity contribution in [2.75, 3.05) is 26.2 Å². The number of aliphatic imine (C=N–C) groups is 1. The smallest absolute Gasteiger partial charge is 0.193 e. The van der Waals surface area contributed by atoms with Gasteiger partial charge in [-0.25, -0.2) is 0 Å². The van der Waals surface area contributed by atoms with E-state index in [0.29, 0.717) is 5.92 Å². The van der Waals surface area contributed by atoms with Gasteiger partial charge in [-0.1, -0.05) is 48.4 Å². The molecule has 2 unspecified atom stereocenters. The van der Waals surface area contributed by atoms with Crippen LogP contribution in [0.3, 0.4) is 0 Å². The highest BCUT2D eigenvalue weighted by Crippen LogP contribution is 2.26. The van der Waals surface area contributed by atoms with Gasteiger partial charge in [-0.05, 0) is 38.2 Å². The Bertz CT molecular complexity index is 586. The average Bonchev–Trinajstić information content (AvgIpc) is 3.05. The van der Waals surface area contributed by atoms with E-state index in [2.05, 4.69) is 53.5 Å². The van der Waals surface area contributed by atoms with E-state index in [1.54, 1.807) is 0 Å². The third kappa shape index (κ3) is 5.08. The quantitative estimate of drug-likeness (QED) is 0.652. The van der Waals surface area contributed by atoms with Gasteiger partial charge in [-0.3, -0.25) is 4.99 Å². The number of piperidine rings is 1. The molecule has 25 heavy (non-hydrogen) atoms. The maximum absolute atomic E-state index is 10.0. The summed E-state index contributed by atoms with van der Waals surface area (Å²) in [4.78, 5) is 7.20. The van der Waals surface area contributed by atoms with E-state index in [9.17, 15) is 5.11 Å². The molecular formula is C21H31N3O.